The molecule has 3 N–H and O–H groups in total. The van der Waals surface area contributed by atoms with Crippen LogP contribution in [0.25, 0.3) is 0 Å². The normalized spacial score (nSPS) is 28.6. The zero-order valence-electron chi connectivity index (χ0n) is 24.6. The maximum atomic E-state index is 14.4. The Morgan fingerprint density at radius 2 is 1.67 bits per heavy atom. The van der Waals surface area contributed by atoms with Gasteiger partial charge < -0.3 is 30.1 Å². The molecule has 9 nitrogen and oxygen atoms in total. The van der Waals surface area contributed by atoms with E-state index in [9.17, 15) is 19.5 Å². The molecule has 0 aliphatic carbocycles. The summed E-state index contributed by atoms with van der Waals surface area (Å²) in [4.78, 5) is 44.1. The molecule has 5 rings (SSSR count). The van der Waals surface area contributed by atoms with Gasteiger partial charge >= 0.3 is 0 Å². The molecule has 1 spiro atoms. The number of carbonyl (C=O) groups excluding carboxylic acids is 3. The van der Waals surface area contributed by atoms with Gasteiger partial charge in [0, 0.05) is 16.4 Å². The number of benzene rings is 2. The number of anilines is 2. The molecule has 3 saturated heterocycles. The van der Waals surface area contributed by atoms with Gasteiger partial charge in [-0.3, -0.25) is 14.4 Å². The Hall–Kier alpha value is -3.14. The minimum absolute atomic E-state index is 0.158. The fourth-order valence-electron chi connectivity index (χ4n) is 7.33. The minimum Gasteiger partial charge on any atom is -0.494 e. The largest absolute Gasteiger partial charge is 0.494 e. The van der Waals surface area contributed by atoms with E-state index >= 15 is 0 Å². The van der Waals surface area contributed by atoms with E-state index in [2.05, 4.69) is 10.6 Å². The number of amides is 3. The van der Waals surface area contributed by atoms with Crippen LogP contribution < -0.4 is 15.4 Å². The number of hydrogen-bond acceptors (Lipinski definition) is 6. The van der Waals surface area contributed by atoms with Crippen molar-refractivity contribution in [1.82, 2.24) is 4.90 Å². The number of rotatable bonds is 11. The molecule has 0 saturated carbocycles. The average Bonchev–Trinajstić information content (AvgIpc) is 3.57. The maximum Gasteiger partial charge on any atom is 0.250 e. The van der Waals surface area contributed by atoms with Crippen molar-refractivity contribution >= 4 is 40.7 Å². The molecule has 6 atom stereocenters. The zero-order chi connectivity index (χ0) is 30.2. The fraction of sp³-hybridized carbons (Fsp3) is 0.531. The molecular weight excluding hydrogens is 558 g/mol. The second kappa shape index (κ2) is 11.9. The van der Waals surface area contributed by atoms with E-state index < -0.39 is 41.0 Å². The molecule has 10 heteroatoms. The van der Waals surface area contributed by atoms with Crippen molar-refractivity contribution in [3.05, 3.63) is 53.6 Å². The predicted octanol–water partition coefficient (Wildman–Crippen LogP) is 4.88. The highest BCUT2D eigenvalue weighted by molar-refractivity contribution is 6.30. The average molecular weight is 598 g/mol. The Kier molecular flexibility index (Phi) is 8.56. The number of aliphatic hydroxyl groups excluding tert-OH is 1. The van der Waals surface area contributed by atoms with Gasteiger partial charge in [-0.2, -0.15) is 0 Å². The second-order valence-electron chi connectivity index (χ2n) is 12.0. The molecule has 42 heavy (non-hydrogen) atoms. The van der Waals surface area contributed by atoms with Gasteiger partial charge in [0.05, 0.1) is 36.7 Å². The third kappa shape index (κ3) is 5.16. The summed E-state index contributed by atoms with van der Waals surface area (Å²) in [5.41, 5.74) is -0.968. The molecule has 2 aromatic rings. The summed E-state index contributed by atoms with van der Waals surface area (Å²) in [5, 5.41) is 16.9. The molecule has 0 aromatic heterocycles. The smallest absolute Gasteiger partial charge is 0.250 e. The third-order valence-corrected chi connectivity index (χ3v) is 9.29. The molecule has 2 unspecified atom stereocenters. The van der Waals surface area contributed by atoms with Crippen LogP contribution in [0.5, 0.6) is 5.75 Å². The molecular formula is C32H40ClN3O6. The van der Waals surface area contributed by atoms with E-state index in [-0.39, 0.29) is 24.3 Å². The van der Waals surface area contributed by atoms with Crippen molar-refractivity contribution in [2.75, 3.05) is 23.8 Å². The van der Waals surface area contributed by atoms with Gasteiger partial charge in [-0.25, -0.2) is 0 Å². The first kappa shape index (κ1) is 30.3. The summed E-state index contributed by atoms with van der Waals surface area (Å²) in [7, 11) is 0. The lowest BCUT2D eigenvalue weighted by Gasteiger charge is -2.37. The van der Waals surface area contributed by atoms with Gasteiger partial charge in [0.2, 0.25) is 17.7 Å². The highest BCUT2D eigenvalue weighted by Crippen LogP contribution is 2.64. The van der Waals surface area contributed by atoms with Gasteiger partial charge in [0.15, 0.2) is 0 Å². The molecule has 2 bridgehead atoms. The van der Waals surface area contributed by atoms with Gasteiger partial charge in [-0.15, -0.1) is 0 Å². The topological polar surface area (TPSA) is 117 Å². The zero-order valence-corrected chi connectivity index (χ0v) is 25.3. The monoisotopic (exact) mass is 597 g/mol. The SMILES string of the molecule is CCOc1ccc(NC(=O)[C@@H]2[C@H]3C(=O)N([C@@H](CO)CC(C)C)C(C(=O)Nc4ccc(Cl)cc4)C34CC[C@@]2(CC)O4)cc1. The quantitative estimate of drug-likeness (QED) is 0.340. The molecule has 2 aromatic carbocycles. The Morgan fingerprint density at radius 1 is 1.05 bits per heavy atom. The first-order chi connectivity index (χ1) is 20.1. The van der Waals surface area contributed by atoms with Gasteiger partial charge in [0.25, 0.3) is 0 Å². The third-order valence-electron chi connectivity index (χ3n) is 9.04. The first-order valence-corrected chi connectivity index (χ1v) is 15.2. The van der Waals surface area contributed by atoms with E-state index in [1.165, 1.54) is 4.90 Å². The highest BCUT2D eigenvalue weighted by Gasteiger charge is 2.79. The number of likely N-dealkylation sites (tertiary alicyclic amines) is 1. The minimum atomic E-state index is -1.20. The maximum absolute atomic E-state index is 14.4. The summed E-state index contributed by atoms with van der Waals surface area (Å²) < 4.78 is 12.3. The Morgan fingerprint density at radius 3 is 2.24 bits per heavy atom. The molecule has 3 aliphatic rings. The number of aliphatic hydroxyl groups is 1. The Bertz CT molecular complexity index is 1320. The summed E-state index contributed by atoms with van der Waals surface area (Å²) in [6, 6.07) is 12.2. The van der Waals surface area contributed by atoms with Crippen molar-refractivity contribution in [2.45, 2.75) is 76.7 Å². The van der Waals surface area contributed by atoms with Crippen LogP contribution in [-0.4, -0.2) is 64.2 Å². The van der Waals surface area contributed by atoms with Crippen LogP contribution >= 0.6 is 11.6 Å². The lowest BCUT2D eigenvalue weighted by atomic mass is 9.65. The Balaban J connectivity index is 1.52. The van der Waals surface area contributed by atoms with Crippen LogP contribution in [0.4, 0.5) is 11.4 Å². The van der Waals surface area contributed by atoms with Gasteiger partial charge in [-0.1, -0.05) is 32.4 Å². The number of fused-ring (bicyclic) bond motifs is 1. The fourth-order valence-corrected chi connectivity index (χ4v) is 7.46. The molecule has 3 fully saturated rings. The second-order valence-corrected chi connectivity index (χ2v) is 12.4. The number of nitrogens with one attached hydrogen (secondary N) is 2. The van der Waals surface area contributed by atoms with Crippen molar-refractivity contribution in [1.29, 1.82) is 0 Å². The van der Waals surface area contributed by atoms with Crippen molar-refractivity contribution < 1.29 is 29.0 Å². The van der Waals surface area contributed by atoms with Crippen LogP contribution in [0, 0.1) is 17.8 Å². The Labute approximate surface area is 251 Å². The summed E-state index contributed by atoms with van der Waals surface area (Å²) in [6.45, 7) is 8.10. The number of hydrogen-bond donors (Lipinski definition) is 3. The lowest BCUT2D eigenvalue weighted by molar-refractivity contribution is -0.148. The molecule has 0 radical (unpaired) electrons. The molecule has 226 valence electrons. The van der Waals surface area contributed by atoms with Crippen LogP contribution in [0.2, 0.25) is 5.02 Å². The van der Waals surface area contributed by atoms with Crippen LogP contribution in [0.15, 0.2) is 48.5 Å². The van der Waals surface area contributed by atoms with Gasteiger partial charge in [0.1, 0.15) is 17.4 Å². The van der Waals surface area contributed by atoms with Crippen LogP contribution in [0.3, 0.4) is 0 Å². The molecule has 3 aliphatic heterocycles. The number of ether oxygens (including phenoxy) is 2. The van der Waals surface area contributed by atoms with Crippen LogP contribution in [-0.2, 0) is 19.1 Å². The van der Waals surface area contributed by atoms with E-state index in [0.717, 1.165) is 0 Å². The molecule has 3 amide bonds. The summed E-state index contributed by atoms with van der Waals surface area (Å²) >= 11 is 6.05. The van der Waals surface area contributed by atoms with Crippen molar-refractivity contribution in [3.63, 3.8) is 0 Å². The number of carbonyl (C=O) groups is 3. The van der Waals surface area contributed by atoms with Crippen LogP contribution in [0.1, 0.15) is 53.4 Å². The summed E-state index contributed by atoms with van der Waals surface area (Å²) in [5.74, 6) is -1.86. The van der Waals surface area contributed by atoms with Crippen molar-refractivity contribution in [3.8, 4) is 5.75 Å². The first-order valence-electron chi connectivity index (χ1n) is 14.8. The number of halogens is 1. The lowest BCUT2D eigenvalue weighted by Crippen LogP contribution is -2.56. The van der Waals surface area contributed by atoms with E-state index in [1.807, 2.05) is 27.7 Å². The highest BCUT2D eigenvalue weighted by atomic mass is 35.5. The molecule has 3 heterocycles. The number of nitrogens with zero attached hydrogens (tertiary/aromatic N) is 1. The standard InChI is InChI=1S/C32H40ClN3O6/c1-5-31-15-16-32(42-31)26(25(31)28(38)34-22-11-13-24(14-12-22)41-6-2)30(40)36(23(18-37)17-19(3)4)27(32)29(39)35-21-9-7-20(33)8-10-21/h7-14,19,23,25-27,37H,5-6,15-18H2,1-4H3,(H,34,38)(H,35,39)/t23-,25+,26+,27?,31-,32?/m1/s1. The van der Waals surface area contributed by atoms with Crippen molar-refractivity contribution in [2.24, 2.45) is 17.8 Å². The van der Waals surface area contributed by atoms with E-state index in [1.54, 1.807) is 48.5 Å². The van der Waals surface area contributed by atoms with Gasteiger partial charge in [-0.05, 0) is 87.1 Å². The predicted molar refractivity (Wildman–Crippen MR) is 160 cm³/mol. The van der Waals surface area contributed by atoms with E-state index in [4.69, 9.17) is 21.1 Å². The van der Waals surface area contributed by atoms with E-state index in [0.29, 0.717) is 54.4 Å². The summed E-state index contributed by atoms with van der Waals surface area (Å²) in [6.07, 6.45) is 2.01.